The van der Waals surface area contributed by atoms with Gasteiger partial charge in [-0.05, 0) is 5.92 Å². The molecule has 4 nitrogen and oxygen atoms in total. The highest BCUT2D eigenvalue weighted by molar-refractivity contribution is 5.84. The minimum atomic E-state index is -2.18. The van der Waals surface area contributed by atoms with Crippen LogP contribution in [-0.2, 0) is 9.59 Å². The SMILES string of the molecule is CCC1CC(=O)N(C(F)C(=O)O)C1. The van der Waals surface area contributed by atoms with Gasteiger partial charge in [0.1, 0.15) is 0 Å². The summed E-state index contributed by atoms with van der Waals surface area (Å²) in [5.41, 5.74) is 0. The van der Waals surface area contributed by atoms with Gasteiger partial charge in [-0.25, -0.2) is 9.18 Å². The van der Waals surface area contributed by atoms with Crippen LogP contribution < -0.4 is 0 Å². The molecule has 0 aromatic heterocycles. The van der Waals surface area contributed by atoms with Gasteiger partial charge in [-0.3, -0.25) is 4.79 Å². The van der Waals surface area contributed by atoms with E-state index in [9.17, 15) is 14.0 Å². The number of likely N-dealkylation sites (tertiary alicyclic amines) is 1. The van der Waals surface area contributed by atoms with Gasteiger partial charge in [0.2, 0.25) is 5.91 Å². The molecule has 1 saturated heterocycles. The smallest absolute Gasteiger partial charge is 0.359 e. The first-order valence-electron chi connectivity index (χ1n) is 4.22. The standard InChI is InChI=1S/C8H12FNO3/c1-2-5-3-6(11)10(4-5)7(9)8(12)13/h5,7H,2-4H2,1H3,(H,12,13). The van der Waals surface area contributed by atoms with Crippen molar-refractivity contribution in [3.63, 3.8) is 0 Å². The van der Waals surface area contributed by atoms with E-state index in [1.807, 2.05) is 6.92 Å². The topological polar surface area (TPSA) is 57.6 Å². The van der Waals surface area contributed by atoms with Crippen molar-refractivity contribution in [1.82, 2.24) is 4.90 Å². The van der Waals surface area contributed by atoms with Crippen molar-refractivity contribution in [2.24, 2.45) is 5.92 Å². The van der Waals surface area contributed by atoms with E-state index >= 15 is 0 Å². The van der Waals surface area contributed by atoms with Gasteiger partial charge in [0.25, 0.3) is 6.30 Å². The molecule has 1 amide bonds. The number of carboxylic acids is 1. The van der Waals surface area contributed by atoms with E-state index in [-0.39, 0.29) is 18.9 Å². The summed E-state index contributed by atoms with van der Waals surface area (Å²) in [5.74, 6) is -1.89. The molecule has 0 radical (unpaired) electrons. The zero-order chi connectivity index (χ0) is 10.0. The second kappa shape index (κ2) is 3.72. The van der Waals surface area contributed by atoms with Crippen LogP contribution in [0.4, 0.5) is 4.39 Å². The molecule has 1 N–H and O–H groups in total. The predicted molar refractivity (Wildman–Crippen MR) is 42.6 cm³/mol. The highest BCUT2D eigenvalue weighted by atomic mass is 19.1. The lowest BCUT2D eigenvalue weighted by atomic mass is 10.1. The van der Waals surface area contributed by atoms with Crippen molar-refractivity contribution in [3.8, 4) is 0 Å². The third kappa shape index (κ3) is 1.96. The molecular formula is C8H12FNO3. The third-order valence-electron chi connectivity index (χ3n) is 2.29. The summed E-state index contributed by atoms with van der Waals surface area (Å²) in [4.78, 5) is 22.2. The highest BCUT2D eigenvalue weighted by Crippen LogP contribution is 2.22. The average Bonchev–Trinajstić information content (AvgIpc) is 2.45. The van der Waals surface area contributed by atoms with Crippen molar-refractivity contribution in [1.29, 1.82) is 0 Å². The maximum absolute atomic E-state index is 12.9. The van der Waals surface area contributed by atoms with E-state index in [0.717, 1.165) is 11.3 Å². The van der Waals surface area contributed by atoms with Crippen molar-refractivity contribution in [3.05, 3.63) is 0 Å². The molecule has 2 atom stereocenters. The number of nitrogens with zero attached hydrogens (tertiary/aromatic N) is 1. The first-order chi connectivity index (χ1) is 6.06. The first-order valence-corrected chi connectivity index (χ1v) is 4.22. The fraction of sp³-hybridized carbons (Fsp3) is 0.750. The quantitative estimate of drug-likeness (QED) is 0.662. The van der Waals surface area contributed by atoms with E-state index in [4.69, 9.17) is 5.11 Å². The van der Waals surface area contributed by atoms with Crippen LogP contribution in [0.2, 0.25) is 0 Å². The summed E-state index contributed by atoms with van der Waals surface area (Å²) in [7, 11) is 0. The number of carbonyl (C=O) groups excluding carboxylic acids is 1. The Morgan fingerprint density at radius 3 is 2.85 bits per heavy atom. The molecule has 1 aliphatic heterocycles. The van der Waals surface area contributed by atoms with Crippen LogP contribution in [0.15, 0.2) is 0 Å². The molecule has 0 saturated carbocycles. The molecule has 5 heteroatoms. The maximum Gasteiger partial charge on any atom is 0.359 e. The Bertz CT molecular complexity index is 231. The second-order valence-electron chi connectivity index (χ2n) is 3.20. The van der Waals surface area contributed by atoms with Crippen LogP contribution in [0, 0.1) is 5.92 Å². The zero-order valence-electron chi connectivity index (χ0n) is 7.36. The van der Waals surface area contributed by atoms with Crippen molar-refractivity contribution >= 4 is 11.9 Å². The molecule has 13 heavy (non-hydrogen) atoms. The molecule has 0 aromatic carbocycles. The van der Waals surface area contributed by atoms with Crippen LogP contribution in [0.25, 0.3) is 0 Å². The minimum absolute atomic E-state index is 0.102. The maximum atomic E-state index is 12.9. The Morgan fingerprint density at radius 1 is 1.85 bits per heavy atom. The zero-order valence-corrected chi connectivity index (χ0v) is 7.36. The molecule has 1 fully saturated rings. The number of hydrogen-bond donors (Lipinski definition) is 1. The van der Waals surface area contributed by atoms with Gasteiger partial charge in [-0.2, -0.15) is 0 Å². The number of halogens is 1. The molecule has 0 spiro atoms. The van der Waals surface area contributed by atoms with Gasteiger partial charge < -0.3 is 10.0 Å². The van der Waals surface area contributed by atoms with Crippen LogP contribution >= 0.6 is 0 Å². The number of alkyl halides is 1. The lowest BCUT2D eigenvalue weighted by Crippen LogP contribution is -2.38. The Labute approximate surface area is 75.3 Å². The highest BCUT2D eigenvalue weighted by Gasteiger charge is 2.36. The number of carboxylic acid groups (broad SMARTS) is 1. The van der Waals surface area contributed by atoms with Crippen molar-refractivity contribution in [2.45, 2.75) is 26.1 Å². The molecular weight excluding hydrogens is 177 g/mol. The van der Waals surface area contributed by atoms with E-state index in [0.29, 0.717) is 0 Å². The first kappa shape index (κ1) is 9.95. The number of hydrogen-bond acceptors (Lipinski definition) is 2. The van der Waals surface area contributed by atoms with Crippen LogP contribution in [-0.4, -0.2) is 34.7 Å². The minimum Gasteiger partial charge on any atom is -0.478 e. The van der Waals surface area contributed by atoms with Gasteiger partial charge in [0, 0.05) is 13.0 Å². The van der Waals surface area contributed by atoms with Crippen molar-refractivity contribution in [2.75, 3.05) is 6.54 Å². The monoisotopic (exact) mass is 189 g/mol. The molecule has 1 heterocycles. The number of rotatable bonds is 3. The molecule has 1 rings (SSSR count). The van der Waals surface area contributed by atoms with Gasteiger partial charge >= 0.3 is 5.97 Å². The normalized spacial score (nSPS) is 24.9. The number of amides is 1. The average molecular weight is 189 g/mol. The van der Waals surface area contributed by atoms with Crippen LogP contribution in [0.3, 0.4) is 0 Å². The molecule has 2 unspecified atom stereocenters. The number of carbonyl (C=O) groups is 2. The largest absolute Gasteiger partial charge is 0.478 e. The summed E-state index contributed by atoms with van der Waals surface area (Å²) in [6, 6.07) is 0. The van der Waals surface area contributed by atoms with E-state index in [1.54, 1.807) is 0 Å². The third-order valence-corrected chi connectivity index (χ3v) is 2.29. The molecule has 0 bridgehead atoms. The predicted octanol–water partition coefficient (Wildman–Crippen LogP) is 0.625. The lowest BCUT2D eigenvalue weighted by molar-refractivity contribution is -0.155. The summed E-state index contributed by atoms with van der Waals surface area (Å²) >= 11 is 0. The fourth-order valence-electron chi connectivity index (χ4n) is 1.43. The van der Waals surface area contributed by atoms with E-state index < -0.39 is 18.2 Å². The Morgan fingerprint density at radius 2 is 2.46 bits per heavy atom. The van der Waals surface area contributed by atoms with E-state index in [2.05, 4.69) is 0 Å². The van der Waals surface area contributed by atoms with Gasteiger partial charge in [-0.15, -0.1) is 0 Å². The Balaban J connectivity index is 2.62. The van der Waals surface area contributed by atoms with Crippen LogP contribution in [0.1, 0.15) is 19.8 Å². The van der Waals surface area contributed by atoms with Crippen LogP contribution in [0.5, 0.6) is 0 Å². The summed E-state index contributed by atoms with van der Waals surface area (Å²) < 4.78 is 12.9. The summed E-state index contributed by atoms with van der Waals surface area (Å²) in [5, 5.41) is 8.35. The lowest BCUT2D eigenvalue weighted by Gasteiger charge is -2.17. The second-order valence-corrected chi connectivity index (χ2v) is 3.20. The van der Waals surface area contributed by atoms with Gasteiger partial charge in [-0.1, -0.05) is 13.3 Å². The van der Waals surface area contributed by atoms with Gasteiger partial charge in [0.05, 0.1) is 0 Å². The number of aliphatic carboxylic acids is 1. The molecule has 1 aliphatic rings. The summed E-state index contributed by atoms with van der Waals surface area (Å²) in [6.07, 6.45) is -1.14. The molecule has 0 aliphatic carbocycles. The molecule has 0 aromatic rings. The Hall–Kier alpha value is -1.13. The summed E-state index contributed by atoms with van der Waals surface area (Å²) in [6.45, 7) is 2.12. The van der Waals surface area contributed by atoms with Crippen molar-refractivity contribution < 1.29 is 19.1 Å². The Kier molecular flexibility index (Phi) is 2.85. The fourth-order valence-corrected chi connectivity index (χ4v) is 1.43. The van der Waals surface area contributed by atoms with Gasteiger partial charge in [0.15, 0.2) is 0 Å². The molecule has 74 valence electrons. The van der Waals surface area contributed by atoms with E-state index in [1.165, 1.54) is 0 Å².